The molecule has 1 aromatic carbocycles. The molecule has 0 bridgehead atoms. The number of nitrogens with two attached hydrogens (primary N) is 1. The lowest BCUT2D eigenvalue weighted by molar-refractivity contribution is 0.0526. The van der Waals surface area contributed by atoms with Crippen molar-refractivity contribution >= 4 is 22.3 Å². The Kier molecular flexibility index (Phi) is 3.49. The summed E-state index contributed by atoms with van der Waals surface area (Å²) >= 11 is 1.43. The average molecular weight is 287 g/mol. The predicted octanol–water partition coefficient (Wildman–Crippen LogP) is 3.39. The molecule has 0 radical (unpaired) electrons. The lowest BCUT2D eigenvalue weighted by atomic mass is 9.95. The van der Waals surface area contributed by atoms with Crippen molar-refractivity contribution in [3.63, 3.8) is 0 Å². The Balaban J connectivity index is 1.92. The molecule has 20 heavy (non-hydrogen) atoms. The maximum absolute atomic E-state index is 12.1. The van der Waals surface area contributed by atoms with E-state index < -0.39 is 0 Å². The summed E-state index contributed by atoms with van der Waals surface area (Å²) in [5.74, 6) is 0.0394. The number of carbonyl (C=O) groups excluding carboxylic acids is 1. The summed E-state index contributed by atoms with van der Waals surface area (Å²) in [6.07, 6.45) is 1.94. The van der Waals surface area contributed by atoms with E-state index in [9.17, 15) is 4.79 Å². The highest BCUT2D eigenvalue weighted by atomic mass is 32.1. The van der Waals surface area contributed by atoms with E-state index in [1.165, 1.54) is 22.5 Å². The highest BCUT2D eigenvalue weighted by Crippen LogP contribution is 2.39. The number of esters is 1. The molecule has 0 saturated carbocycles. The van der Waals surface area contributed by atoms with Gasteiger partial charge in [-0.15, -0.1) is 11.3 Å². The summed E-state index contributed by atoms with van der Waals surface area (Å²) in [5, 5.41) is 2.58. The van der Waals surface area contributed by atoms with Crippen LogP contribution in [0.4, 0.5) is 5.00 Å². The molecular formula is C16H17NO2S. The summed E-state index contributed by atoms with van der Waals surface area (Å²) in [5.41, 5.74) is 10.3. The van der Waals surface area contributed by atoms with Gasteiger partial charge in [0.25, 0.3) is 0 Å². The van der Waals surface area contributed by atoms with Gasteiger partial charge in [-0.2, -0.15) is 0 Å². The number of benzene rings is 1. The van der Waals surface area contributed by atoms with Gasteiger partial charge in [0.1, 0.15) is 5.00 Å². The van der Waals surface area contributed by atoms with Crippen molar-refractivity contribution < 1.29 is 9.53 Å². The maximum atomic E-state index is 12.1. The van der Waals surface area contributed by atoms with Crippen molar-refractivity contribution in [2.45, 2.75) is 25.7 Å². The molecule has 1 aromatic heterocycles. The fourth-order valence-corrected chi connectivity index (χ4v) is 3.77. The number of ether oxygens (including phenoxy) is 1. The summed E-state index contributed by atoms with van der Waals surface area (Å²) < 4.78 is 5.13. The quantitative estimate of drug-likeness (QED) is 0.880. The van der Waals surface area contributed by atoms with E-state index in [4.69, 9.17) is 10.5 Å². The summed E-state index contributed by atoms with van der Waals surface area (Å²) in [7, 11) is 0. The van der Waals surface area contributed by atoms with Crippen LogP contribution in [-0.2, 0) is 17.6 Å². The standard InChI is InChI=1S/C16H17NO2S/c1-2-19-16(18)14-13(9-20-15(14)17)12-7-10-5-3-4-6-11(10)8-12/h3-6,9,12H,2,7-8,17H2,1H3. The van der Waals surface area contributed by atoms with Gasteiger partial charge >= 0.3 is 5.97 Å². The smallest absolute Gasteiger partial charge is 0.341 e. The number of thiophene rings is 1. The summed E-state index contributed by atoms with van der Waals surface area (Å²) in [4.78, 5) is 12.1. The first-order valence-corrected chi connectivity index (χ1v) is 7.69. The molecule has 4 heteroatoms. The summed E-state index contributed by atoms with van der Waals surface area (Å²) in [6, 6.07) is 8.45. The SMILES string of the molecule is CCOC(=O)c1c(C2Cc3ccccc3C2)csc1N. The molecule has 1 aliphatic rings. The topological polar surface area (TPSA) is 52.3 Å². The van der Waals surface area contributed by atoms with E-state index in [0.29, 0.717) is 23.1 Å². The minimum Gasteiger partial charge on any atom is -0.462 e. The van der Waals surface area contributed by atoms with Gasteiger partial charge in [0, 0.05) is 0 Å². The second-order valence-electron chi connectivity index (χ2n) is 5.02. The van der Waals surface area contributed by atoms with E-state index >= 15 is 0 Å². The van der Waals surface area contributed by atoms with Gasteiger partial charge in [0.15, 0.2) is 0 Å². The minimum atomic E-state index is -0.294. The molecule has 2 aromatic rings. The average Bonchev–Trinajstić information content (AvgIpc) is 3.01. The summed E-state index contributed by atoms with van der Waals surface area (Å²) in [6.45, 7) is 2.18. The first-order chi connectivity index (χ1) is 9.70. The first-order valence-electron chi connectivity index (χ1n) is 6.81. The second-order valence-corrected chi connectivity index (χ2v) is 5.94. The van der Waals surface area contributed by atoms with Crippen molar-refractivity contribution in [2.75, 3.05) is 12.3 Å². The normalized spacial score (nSPS) is 14.2. The van der Waals surface area contributed by atoms with Gasteiger partial charge < -0.3 is 10.5 Å². The van der Waals surface area contributed by atoms with Crippen molar-refractivity contribution in [1.29, 1.82) is 0 Å². The van der Waals surface area contributed by atoms with Crippen molar-refractivity contribution in [3.8, 4) is 0 Å². The maximum Gasteiger partial charge on any atom is 0.341 e. The van der Waals surface area contributed by atoms with E-state index in [1.807, 2.05) is 12.3 Å². The van der Waals surface area contributed by atoms with Gasteiger partial charge in [-0.25, -0.2) is 4.79 Å². The zero-order valence-electron chi connectivity index (χ0n) is 11.4. The lowest BCUT2D eigenvalue weighted by Gasteiger charge is -2.10. The number of hydrogen-bond donors (Lipinski definition) is 1. The van der Waals surface area contributed by atoms with E-state index in [-0.39, 0.29) is 5.97 Å². The molecule has 1 aliphatic carbocycles. The van der Waals surface area contributed by atoms with Crippen LogP contribution >= 0.6 is 11.3 Å². The predicted molar refractivity (Wildman–Crippen MR) is 81.3 cm³/mol. The van der Waals surface area contributed by atoms with Crippen molar-refractivity contribution in [1.82, 2.24) is 0 Å². The van der Waals surface area contributed by atoms with Crippen LogP contribution in [0.3, 0.4) is 0 Å². The van der Waals surface area contributed by atoms with Gasteiger partial charge in [0.2, 0.25) is 0 Å². The fraction of sp³-hybridized carbons (Fsp3) is 0.312. The van der Waals surface area contributed by atoms with Gasteiger partial charge in [-0.3, -0.25) is 0 Å². The molecule has 0 amide bonds. The number of anilines is 1. The molecule has 3 nitrogen and oxygen atoms in total. The number of hydrogen-bond acceptors (Lipinski definition) is 4. The Morgan fingerprint density at radius 1 is 1.35 bits per heavy atom. The molecule has 0 aliphatic heterocycles. The van der Waals surface area contributed by atoms with Gasteiger partial charge in [-0.05, 0) is 47.8 Å². The molecule has 0 unspecified atom stereocenters. The third kappa shape index (κ3) is 2.20. The van der Waals surface area contributed by atoms with Crippen LogP contribution in [0.15, 0.2) is 29.6 Å². The van der Waals surface area contributed by atoms with Crippen LogP contribution in [0.5, 0.6) is 0 Å². The number of rotatable bonds is 3. The zero-order valence-corrected chi connectivity index (χ0v) is 12.2. The lowest BCUT2D eigenvalue weighted by Crippen LogP contribution is -2.11. The largest absolute Gasteiger partial charge is 0.462 e. The van der Waals surface area contributed by atoms with E-state index in [0.717, 1.165) is 18.4 Å². The molecule has 3 rings (SSSR count). The third-order valence-electron chi connectivity index (χ3n) is 3.82. The highest BCUT2D eigenvalue weighted by Gasteiger charge is 2.29. The third-order valence-corrected chi connectivity index (χ3v) is 4.65. The Labute approximate surface area is 122 Å². The number of nitrogen functional groups attached to an aromatic ring is 1. The van der Waals surface area contributed by atoms with Crippen LogP contribution in [0.2, 0.25) is 0 Å². The van der Waals surface area contributed by atoms with Crippen LogP contribution in [-0.4, -0.2) is 12.6 Å². The molecular weight excluding hydrogens is 270 g/mol. The Morgan fingerprint density at radius 2 is 2.00 bits per heavy atom. The first kappa shape index (κ1) is 13.2. The fourth-order valence-electron chi connectivity index (χ4n) is 2.89. The van der Waals surface area contributed by atoms with E-state index in [2.05, 4.69) is 24.3 Å². The van der Waals surface area contributed by atoms with Crippen LogP contribution in [0, 0.1) is 0 Å². The molecule has 0 saturated heterocycles. The second kappa shape index (κ2) is 5.29. The van der Waals surface area contributed by atoms with Gasteiger partial charge in [0.05, 0.1) is 12.2 Å². The minimum absolute atomic E-state index is 0.294. The molecule has 1 heterocycles. The van der Waals surface area contributed by atoms with Gasteiger partial charge in [-0.1, -0.05) is 24.3 Å². The van der Waals surface area contributed by atoms with Crippen molar-refractivity contribution in [2.24, 2.45) is 0 Å². The van der Waals surface area contributed by atoms with Crippen molar-refractivity contribution in [3.05, 3.63) is 51.9 Å². The highest BCUT2D eigenvalue weighted by molar-refractivity contribution is 7.14. The monoisotopic (exact) mass is 287 g/mol. The number of carbonyl (C=O) groups is 1. The molecule has 104 valence electrons. The molecule has 0 atom stereocenters. The van der Waals surface area contributed by atoms with Crippen LogP contribution in [0.1, 0.15) is 39.9 Å². The van der Waals surface area contributed by atoms with Crippen LogP contribution in [0.25, 0.3) is 0 Å². The molecule has 2 N–H and O–H groups in total. The Hall–Kier alpha value is -1.81. The number of fused-ring (bicyclic) bond motifs is 1. The van der Waals surface area contributed by atoms with Crippen LogP contribution < -0.4 is 5.73 Å². The zero-order chi connectivity index (χ0) is 14.1. The van der Waals surface area contributed by atoms with E-state index in [1.54, 1.807) is 0 Å². The molecule has 0 spiro atoms. The Morgan fingerprint density at radius 3 is 2.60 bits per heavy atom. The Bertz CT molecular complexity index is 623. The molecule has 0 fully saturated rings.